The molecule has 1 rings (SSSR count). The Morgan fingerprint density at radius 1 is 1.39 bits per heavy atom. The highest BCUT2D eigenvalue weighted by Gasteiger charge is 2.44. The van der Waals surface area contributed by atoms with Gasteiger partial charge in [0.15, 0.2) is 14.6 Å². The van der Waals surface area contributed by atoms with Gasteiger partial charge in [0.2, 0.25) is 0 Å². The Kier molecular flexibility index (Phi) is 4.11. The van der Waals surface area contributed by atoms with Gasteiger partial charge in [-0.15, -0.1) is 0 Å². The number of pyridine rings is 1. The third-order valence-corrected chi connectivity index (χ3v) is 5.01. The van der Waals surface area contributed by atoms with Gasteiger partial charge < -0.3 is 4.74 Å². The fourth-order valence-electron chi connectivity index (χ4n) is 1.32. The minimum atomic E-state index is -3.81. The quantitative estimate of drug-likeness (QED) is 0.776. The van der Waals surface area contributed by atoms with E-state index in [9.17, 15) is 13.2 Å². The van der Waals surface area contributed by atoms with Crippen LogP contribution in [0.25, 0.3) is 0 Å². The average Bonchev–Trinajstić information content (AvgIpc) is 2.29. The van der Waals surface area contributed by atoms with E-state index < -0.39 is 20.6 Å². The van der Waals surface area contributed by atoms with E-state index in [0.29, 0.717) is 5.69 Å². The van der Waals surface area contributed by atoms with Crippen LogP contribution in [-0.2, 0) is 19.4 Å². The molecule has 0 amide bonds. The van der Waals surface area contributed by atoms with E-state index >= 15 is 0 Å². The van der Waals surface area contributed by atoms with Crippen molar-refractivity contribution in [1.82, 2.24) is 4.98 Å². The molecule has 0 unspecified atom stereocenters. The number of aryl methyl sites for hydroxylation is 1. The van der Waals surface area contributed by atoms with Crippen LogP contribution < -0.4 is 0 Å². The zero-order valence-electron chi connectivity index (χ0n) is 10.9. The lowest BCUT2D eigenvalue weighted by molar-refractivity contribution is -0.145. The maximum atomic E-state index is 12.3. The predicted octanol–water partition coefficient (Wildman–Crippen LogP) is 1.51. The highest BCUT2D eigenvalue weighted by molar-refractivity contribution is 7.93. The zero-order chi connectivity index (χ0) is 14.0. The van der Waals surface area contributed by atoms with Crippen LogP contribution in [0.15, 0.2) is 23.2 Å². The van der Waals surface area contributed by atoms with Crippen molar-refractivity contribution in [1.29, 1.82) is 0 Å². The number of ether oxygens (including phenoxy) is 1. The van der Waals surface area contributed by atoms with Gasteiger partial charge in [-0.2, -0.15) is 0 Å². The summed E-state index contributed by atoms with van der Waals surface area (Å²) in [5.74, 6) is -0.759. The number of carbonyl (C=O) groups is 1. The van der Waals surface area contributed by atoms with Crippen LogP contribution in [0.5, 0.6) is 0 Å². The molecule has 1 aromatic heterocycles. The first kappa shape index (κ1) is 14.6. The van der Waals surface area contributed by atoms with E-state index in [4.69, 9.17) is 4.74 Å². The lowest BCUT2D eigenvalue weighted by atomic mass is 10.2. The fourth-order valence-corrected chi connectivity index (χ4v) is 2.63. The number of hydrogen-bond acceptors (Lipinski definition) is 5. The molecule has 0 N–H and O–H groups in total. The summed E-state index contributed by atoms with van der Waals surface area (Å²) in [5.41, 5.74) is 0.711. The smallest absolute Gasteiger partial charge is 0.327 e. The maximum Gasteiger partial charge on any atom is 0.327 e. The summed E-state index contributed by atoms with van der Waals surface area (Å²) < 4.78 is 27.9. The van der Waals surface area contributed by atoms with Crippen molar-refractivity contribution in [2.24, 2.45) is 0 Å². The Labute approximate surface area is 107 Å². The number of carbonyl (C=O) groups excluding carboxylic acids is 1. The van der Waals surface area contributed by atoms with Gasteiger partial charge >= 0.3 is 5.97 Å². The number of sulfone groups is 1. The summed E-state index contributed by atoms with van der Waals surface area (Å²) in [6, 6.07) is 3.03. The first-order valence-electron chi connectivity index (χ1n) is 5.58. The van der Waals surface area contributed by atoms with Crippen LogP contribution in [0.2, 0.25) is 0 Å². The molecule has 0 atom stereocenters. The average molecular weight is 271 g/mol. The highest BCUT2D eigenvalue weighted by Crippen LogP contribution is 2.26. The summed E-state index contributed by atoms with van der Waals surface area (Å²) in [6.45, 7) is 6.20. The summed E-state index contributed by atoms with van der Waals surface area (Å²) >= 11 is 0. The first-order chi connectivity index (χ1) is 8.23. The largest absolute Gasteiger partial charge is 0.465 e. The molecule has 18 heavy (non-hydrogen) atoms. The Morgan fingerprint density at radius 3 is 2.44 bits per heavy atom. The summed E-state index contributed by atoms with van der Waals surface area (Å²) in [5, 5.41) is 0. The molecule has 0 aromatic carbocycles. The first-order valence-corrected chi connectivity index (χ1v) is 7.06. The molecule has 0 aliphatic heterocycles. The zero-order valence-corrected chi connectivity index (χ0v) is 11.7. The minimum Gasteiger partial charge on any atom is -0.465 e. The Hall–Kier alpha value is -1.43. The molecule has 0 bridgehead atoms. The number of aromatic nitrogens is 1. The Bertz CT molecular complexity index is 532. The van der Waals surface area contributed by atoms with Crippen LogP contribution >= 0.6 is 0 Å². The molecule has 6 heteroatoms. The number of rotatable bonds is 4. The number of esters is 1. The van der Waals surface area contributed by atoms with Crippen molar-refractivity contribution in [3.05, 3.63) is 24.0 Å². The van der Waals surface area contributed by atoms with Gasteiger partial charge in [0.05, 0.1) is 11.5 Å². The summed E-state index contributed by atoms with van der Waals surface area (Å²) in [4.78, 5) is 15.7. The topological polar surface area (TPSA) is 73.3 Å². The van der Waals surface area contributed by atoms with Crippen molar-refractivity contribution >= 4 is 15.8 Å². The van der Waals surface area contributed by atoms with Crippen LogP contribution in [0, 0.1) is 6.92 Å². The molecule has 1 heterocycles. The van der Waals surface area contributed by atoms with Gasteiger partial charge in [-0.05, 0) is 39.8 Å². The van der Waals surface area contributed by atoms with Gasteiger partial charge in [-0.1, -0.05) is 0 Å². The molecular weight excluding hydrogens is 254 g/mol. The van der Waals surface area contributed by atoms with Crippen LogP contribution in [0.4, 0.5) is 0 Å². The second kappa shape index (κ2) is 5.06. The third kappa shape index (κ3) is 2.53. The van der Waals surface area contributed by atoms with E-state index in [2.05, 4.69) is 4.98 Å². The highest BCUT2D eigenvalue weighted by atomic mass is 32.2. The molecule has 0 fully saturated rings. The molecule has 0 spiro atoms. The monoisotopic (exact) mass is 271 g/mol. The lowest BCUT2D eigenvalue weighted by Crippen LogP contribution is -2.42. The minimum absolute atomic E-state index is 0.0196. The lowest BCUT2D eigenvalue weighted by Gasteiger charge is -2.22. The molecule has 0 aliphatic rings. The van der Waals surface area contributed by atoms with E-state index in [1.165, 1.54) is 26.1 Å². The molecule has 0 saturated carbocycles. The molecule has 0 radical (unpaired) electrons. The van der Waals surface area contributed by atoms with Crippen LogP contribution in [0.3, 0.4) is 0 Å². The third-order valence-electron chi connectivity index (χ3n) is 2.63. The van der Waals surface area contributed by atoms with Crippen molar-refractivity contribution in [3.8, 4) is 0 Å². The summed E-state index contributed by atoms with van der Waals surface area (Å²) in [6.07, 6.45) is 1.26. The molecule has 0 aliphatic carbocycles. The van der Waals surface area contributed by atoms with Gasteiger partial charge in [-0.3, -0.25) is 9.78 Å². The van der Waals surface area contributed by atoms with Gasteiger partial charge in [0.1, 0.15) is 0 Å². The second-order valence-electron chi connectivity index (χ2n) is 4.37. The van der Waals surface area contributed by atoms with Crippen molar-refractivity contribution in [2.45, 2.75) is 37.3 Å². The normalized spacial score (nSPS) is 12.2. The van der Waals surface area contributed by atoms with Gasteiger partial charge in [0, 0.05) is 11.9 Å². The van der Waals surface area contributed by atoms with E-state index in [0.717, 1.165) is 0 Å². The number of hydrogen-bond donors (Lipinski definition) is 0. The fraction of sp³-hybridized carbons (Fsp3) is 0.500. The SMILES string of the molecule is CCOC(=O)C(C)(C)S(=O)(=O)c1ccc(C)nc1. The van der Waals surface area contributed by atoms with E-state index in [-0.39, 0.29) is 11.5 Å². The molecular formula is C12H17NO4S. The molecule has 1 aromatic rings. The summed E-state index contributed by atoms with van der Waals surface area (Å²) in [7, 11) is -3.81. The molecule has 5 nitrogen and oxygen atoms in total. The van der Waals surface area contributed by atoms with Crippen molar-refractivity contribution in [3.63, 3.8) is 0 Å². The van der Waals surface area contributed by atoms with E-state index in [1.807, 2.05) is 0 Å². The second-order valence-corrected chi connectivity index (χ2v) is 6.87. The van der Waals surface area contributed by atoms with Gasteiger partial charge in [0.25, 0.3) is 0 Å². The maximum absolute atomic E-state index is 12.3. The van der Waals surface area contributed by atoms with E-state index in [1.54, 1.807) is 19.9 Å². The van der Waals surface area contributed by atoms with Crippen molar-refractivity contribution < 1.29 is 17.9 Å². The van der Waals surface area contributed by atoms with Crippen LogP contribution in [0.1, 0.15) is 26.5 Å². The molecule has 0 saturated heterocycles. The predicted molar refractivity (Wildman–Crippen MR) is 66.9 cm³/mol. The number of nitrogens with zero attached hydrogens (tertiary/aromatic N) is 1. The van der Waals surface area contributed by atoms with Crippen LogP contribution in [-0.4, -0.2) is 30.7 Å². The van der Waals surface area contributed by atoms with Gasteiger partial charge in [-0.25, -0.2) is 8.42 Å². The molecule has 100 valence electrons. The van der Waals surface area contributed by atoms with Crippen molar-refractivity contribution in [2.75, 3.05) is 6.61 Å². The standard InChI is InChI=1S/C12H17NO4S/c1-5-17-11(14)12(3,4)18(15,16)10-7-6-9(2)13-8-10/h6-8H,5H2,1-4H3. The Balaban J connectivity index is 3.21. The Morgan fingerprint density at radius 2 is 2.00 bits per heavy atom.